The lowest BCUT2D eigenvalue weighted by atomic mass is 10.5. The maximum atomic E-state index is 11.5. The Kier molecular flexibility index (Phi) is 3.99. The zero-order valence-electron chi connectivity index (χ0n) is 10.8. The molecule has 0 saturated heterocycles. The maximum absolute atomic E-state index is 11.5. The summed E-state index contributed by atoms with van der Waals surface area (Å²) in [4.78, 5) is 25.9. The SMILES string of the molecule is Cn1ccc(NC(=O)NCCn2cnc(C(=O)O)c2)n1. The summed E-state index contributed by atoms with van der Waals surface area (Å²) in [6.45, 7) is 0.768. The van der Waals surface area contributed by atoms with Gasteiger partial charge in [0.25, 0.3) is 0 Å². The number of aromatic carboxylic acids is 1. The standard InChI is InChI=1S/C11H14N6O3/c1-16-4-2-9(15-16)14-11(20)12-3-5-17-6-8(10(18)19)13-7-17/h2,4,6-7H,3,5H2,1H3,(H,18,19)(H2,12,14,15,20). The number of imidazole rings is 1. The highest BCUT2D eigenvalue weighted by molar-refractivity contribution is 5.88. The fourth-order valence-electron chi connectivity index (χ4n) is 1.53. The van der Waals surface area contributed by atoms with Crippen LogP contribution in [0, 0.1) is 0 Å². The van der Waals surface area contributed by atoms with Crippen molar-refractivity contribution in [3.05, 3.63) is 30.5 Å². The monoisotopic (exact) mass is 278 g/mol. The Bertz CT molecular complexity index is 617. The van der Waals surface area contributed by atoms with Gasteiger partial charge in [-0.3, -0.25) is 10.00 Å². The van der Waals surface area contributed by atoms with E-state index < -0.39 is 5.97 Å². The van der Waals surface area contributed by atoms with Crippen molar-refractivity contribution >= 4 is 17.8 Å². The largest absolute Gasteiger partial charge is 0.476 e. The van der Waals surface area contributed by atoms with Crippen LogP contribution in [0.15, 0.2) is 24.8 Å². The van der Waals surface area contributed by atoms with E-state index >= 15 is 0 Å². The van der Waals surface area contributed by atoms with Crippen molar-refractivity contribution in [1.82, 2.24) is 24.6 Å². The van der Waals surface area contributed by atoms with Crippen molar-refractivity contribution in [1.29, 1.82) is 0 Å². The highest BCUT2D eigenvalue weighted by Crippen LogP contribution is 2.00. The first-order chi connectivity index (χ1) is 9.54. The van der Waals surface area contributed by atoms with Gasteiger partial charge in [0.2, 0.25) is 0 Å². The number of aromatic nitrogens is 4. The number of amides is 2. The van der Waals surface area contributed by atoms with Gasteiger partial charge in [-0.2, -0.15) is 5.10 Å². The number of aryl methyl sites for hydroxylation is 1. The van der Waals surface area contributed by atoms with E-state index in [1.807, 2.05) is 0 Å². The number of urea groups is 1. The van der Waals surface area contributed by atoms with Crippen LogP contribution < -0.4 is 10.6 Å². The van der Waals surface area contributed by atoms with E-state index in [0.717, 1.165) is 0 Å². The van der Waals surface area contributed by atoms with Gasteiger partial charge >= 0.3 is 12.0 Å². The van der Waals surface area contributed by atoms with Crippen LogP contribution in [-0.2, 0) is 13.6 Å². The molecule has 2 heterocycles. The predicted molar refractivity (Wildman–Crippen MR) is 69.4 cm³/mol. The molecule has 3 N–H and O–H groups in total. The smallest absolute Gasteiger partial charge is 0.356 e. The van der Waals surface area contributed by atoms with E-state index in [4.69, 9.17) is 5.11 Å². The highest BCUT2D eigenvalue weighted by Gasteiger charge is 2.07. The summed E-state index contributed by atoms with van der Waals surface area (Å²) in [5.41, 5.74) is -0.0251. The van der Waals surface area contributed by atoms with Crippen molar-refractivity contribution in [2.75, 3.05) is 11.9 Å². The minimum absolute atomic E-state index is 0.0251. The van der Waals surface area contributed by atoms with Crippen molar-refractivity contribution in [3.63, 3.8) is 0 Å². The van der Waals surface area contributed by atoms with E-state index in [1.54, 1.807) is 28.6 Å². The third-order valence-corrected chi connectivity index (χ3v) is 2.46. The number of nitrogens with one attached hydrogen (secondary N) is 2. The number of carboxylic acids is 1. The number of anilines is 1. The van der Waals surface area contributed by atoms with Crippen LogP contribution in [0.4, 0.5) is 10.6 Å². The van der Waals surface area contributed by atoms with E-state index in [2.05, 4.69) is 20.7 Å². The topological polar surface area (TPSA) is 114 Å². The molecule has 2 rings (SSSR count). The Morgan fingerprint density at radius 1 is 1.45 bits per heavy atom. The van der Waals surface area contributed by atoms with Crippen LogP contribution in [0.25, 0.3) is 0 Å². The van der Waals surface area contributed by atoms with Crippen LogP contribution >= 0.6 is 0 Å². The first-order valence-corrected chi connectivity index (χ1v) is 5.84. The molecule has 2 aromatic rings. The molecule has 2 amide bonds. The van der Waals surface area contributed by atoms with Crippen LogP contribution in [-0.4, -0.2) is 43.0 Å². The minimum atomic E-state index is -1.08. The Balaban J connectivity index is 1.74. The van der Waals surface area contributed by atoms with E-state index in [-0.39, 0.29) is 11.7 Å². The lowest BCUT2D eigenvalue weighted by Crippen LogP contribution is -2.31. The second-order valence-electron chi connectivity index (χ2n) is 4.06. The molecule has 20 heavy (non-hydrogen) atoms. The lowest BCUT2D eigenvalue weighted by molar-refractivity contribution is 0.0691. The summed E-state index contributed by atoms with van der Waals surface area (Å²) in [7, 11) is 1.75. The van der Waals surface area contributed by atoms with E-state index in [9.17, 15) is 9.59 Å². The molecule has 0 aromatic carbocycles. The molecule has 0 bridgehead atoms. The number of carboxylic acid groups (broad SMARTS) is 1. The van der Waals surface area contributed by atoms with Gasteiger partial charge in [-0.1, -0.05) is 0 Å². The summed E-state index contributed by atoms with van der Waals surface area (Å²) in [6.07, 6.45) is 4.52. The van der Waals surface area contributed by atoms with Gasteiger partial charge in [0.1, 0.15) is 0 Å². The number of nitrogens with zero attached hydrogens (tertiary/aromatic N) is 4. The van der Waals surface area contributed by atoms with Gasteiger partial charge in [0.05, 0.1) is 6.33 Å². The first kappa shape index (κ1) is 13.6. The number of hydrogen-bond acceptors (Lipinski definition) is 4. The zero-order valence-corrected chi connectivity index (χ0v) is 10.8. The van der Waals surface area contributed by atoms with Crippen molar-refractivity contribution in [2.24, 2.45) is 7.05 Å². The molecule has 0 aliphatic heterocycles. The summed E-state index contributed by atoms with van der Waals surface area (Å²) in [5.74, 6) is -0.620. The molecule has 0 radical (unpaired) electrons. The molecule has 0 atom stereocenters. The number of hydrogen-bond donors (Lipinski definition) is 3. The third kappa shape index (κ3) is 3.57. The summed E-state index contributed by atoms with van der Waals surface area (Å²) in [6, 6.07) is 1.30. The molecule has 2 aromatic heterocycles. The second kappa shape index (κ2) is 5.87. The van der Waals surface area contributed by atoms with Crippen LogP contribution in [0.2, 0.25) is 0 Å². The molecule has 0 unspecified atom stereocenters. The van der Waals surface area contributed by atoms with Crippen molar-refractivity contribution < 1.29 is 14.7 Å². The van der Waals surface area contributed by atoms with Gasteiger partial charge in [0.15, 0.2) is 11.5 Å². The minimum Gasteiger partial charge on any atom is -0.476 e. The summed E-state index contributed by atoms with van der Waals surface area (Å²) < 4.78 is 3.17. The Labute approximate surface area is 114 Å². The van der Waals surface area contributed by atoms with Crippen LogP contribution in [0.5, 0.6) is 0 Å². The van der Waals surface area contributed by atoms with E-state index in [0.29, 0.717) is 18.9 Å². The highest BCUT2D eigenvalue weighted by atomic mass is 16.4. The molecule has 0 aliphatic carbocycles. The Hall–Kier alpha value is -2.84. The molecule has 106 valence electrons. The molecule has 9 heteroatoms. The summed E-state index contributed by atoms with van der Waals surface area (Å²) >= 11 is 0. The normalized spacial score (nSPS) is 10.2. The number of carbonyl (C=O) groups excluding carboxylic acids is 1. The van der Waals surface area contributed by atoms with Gasteiger partial charge in [-0.05, 0) is 0 Å². The fraction of sp³-hybridized carbons (Fsp3) is 0.273. The van der Waals surface area contributed by atoms with Crippen molar-refractivity contribution in [3.8, 4) is 0 Å². The number of rotatable bonds is 5. The molecule has 9 nitrogen and oxygen atoms in total. The molecule has 0 spiro atoms. The lowest BCUT2D eigenvalue weighted by Gasteiger charge is -2.05. The molecule has 0 aliphatic rings. The average Bonchev–Trinajstić information content (AvgIpc) is 2.99. The molecular formula is C11H14N6O3. The van der Waals surface area contributed by atoms with Gasteiger partial charge in [-0.25, -0.2) is 14.6 Å². The quantitative estimate of drug-likeness (QED) is 0.719. The molecular weight excluding hydrogens is 264 g/mol. The first-order valence-electron chi connectivity index (χ1n) is 5.84. The number of carbonyl (C=O) groups is 2. The second-order valence-corrected chi connectivity index (χ2v) is 4.06. The Morgan fingerprint density at radius 3 is 2.85 bits per heavy atom. The van der Waals surface area contributed by atoms with Gasteiger partial charge in [0, 0.05) is 38.6 Å². The van der Waals surface area contributed by atoms with E-state index in [1.165, 1.54) is 12.5 Å². The van der Waals surface area contributed by atoms with Crippen molar-refractivity contribution in [2.45, 2.75) is 6.54 Å². The summed E-state index contributed by atoms with van der Waals surface area (Å²) in [5, 5.41) is 17.9. The maximum Gasteiger partial charge on any atom is 0.356 e. The molecule has 0 saturated carbocycles. The van der Waals surface area contributed by atoms with Crippen LogP contribution in [0.3, 0.4) is 0 Å². The van der Waals surface area contributed by atoms with Gasteiger partial charge in [-0.15, -0.1) is 0 Å². The fourth-order valence-corrected chi connectivity index (χ4v) is 1.53. The zero-order chi connectivity index (χ0) is 14.5. The predicted octanol–water partition coefficient (Wildman–Crippen LogP) is 0.136. The third-order valence-electron chi connectivity index (χ3n) is 2.46. The Morgan fingerprint density at radius 2 is 2.25 bits per heavy atom. The van der Waals surface area contributed by atoms with Crippen LogP contribution in [0.1, 0.15) is 10.5 Å². The van der Waals surface area contributed by atoms with Gasteiger partial charge < -0.3 is 15.0 Å². The average molecular weight is 278 g/mol. The molecule has 0 fully saturated rings.